The summed E-state index contributed by atoms with van der Waals surface area (Å²) < 4.78 is 5.75. The van der Waals surface area contributed by atoms with E-state index >= 15 is 0 Å². The molecule has 0 aliphatic carbocycles. The molecule has 0 amide bonds. The maximum atomic E-state index is 10.4. The van der Waals surface area contributed by atoms with Gasteiger partial charge in [0, 0.05) is 0 Å². The van der Waals surface area contributed by atoms with Crippen LogP contribution < -0.4 is 4.74 Å². The Kier molecular flexibility index (Phi) is 8.50. The van der Waals surface area contributed by atoms with Gasteiger partial charge in [0.1, 0.15) is 18.0 Å². The maximum Gasteiger partial charge on any atom is 0.119 e. The molecule has 2 rings (SSSR count). The van der Waals surface area contributed by atoms with Gasteiger partial charge in [-0.3, -0.25) is 0 Å². The average Bonchev–Trinajstić information content (AvgIpc) is 2.67. The van der Waals surface area contributed by atoms with Gasteiger partial charge in [-0.2, -0.15) is 0 Å². The molecule has 0 radical (unpaired) electrons. The van der Waals surface area contributed by atoms with Gasteiger partial charge in [0.25, 0.3) is 0 Å². The minimum absolute atomic E-state index is 0.684. The van der Waals surface area contributed by atoms with Crippen LogP contribution in [0.25, 0.3) is 0 Å². The second kappa shape index (κ2) is 10.9. The van der Waals surface area contributed by atoms with Crippen molar-refractivity contribution >= 4 is 0 Å². The van der Waals surface area contributed by atoms with E-state index in [2.05, 4.69) is 6.92 Å². The average molecular weight is 342 g/mol. The minimum Gasteiger partial charge on any atom is -0.494 e. The molecule has 3 nitrogen and oxygen atoms in total. The summed E-state index contributed by atoms with van der Waals surface area (Å²) in [6, 6.07) is 16.5. The first kappa shape index (κ1) is 19.5. The molecule has 0 aromatic heterocycles. The van der Waals surface area contributed by atoms with Crippen molar-refractivity contribution in [2.45, 2.75) is 57.7 Å². The van der Waals surface area contributed by atoms with Crippen LogP contribution in [-0.2, 0) is 0 Å². The highest BCUT2D eigenvalue weighted by atomic mass is 16.5. The smallest absolute Gasteiger partial charge is 0.119 e. The fourth-order valence-electron chi connectivity index (χ4n) is 2.85. The second-order valence-corrected chi connectivity index (χ2v) is 6.49. The van der Waals surface area contributed by atoms with Crippen molar-refractivity contribution in [3.05, 3.63) is 65.7 Å². The van der Waals surface area contributed by atoms with Crippen LogP contribution in [0, 0.1) is 0 Å². The molecule has 0 bridgehead atoms. The summed E-state index contributed by atoms with van der Waals surface area (Å²) in [5.74, 6) is 0.804. The van der Waals surface area contributed by atoms with E-state index < -0.39 is 12.2 Å². The van der Waals surface area contributed by atoms with E-state index in [1.165, 1.54) is 32.1 Å². The highest BCUT2D eigenvalue weighted by molar-refractivity contribution is 5.30. The van der Waals surface area contributed by atoms with E-state index in [0.29, 0.717) is 11.1 Å². The first-order valence-electron chi connectivity index (χ1n) is 9.36. The summed E-state index contributed by atoms with van der Waals surface area (Å²) in [4.78, 5) is 0. The number of aliphatic hydroxyl groups is 2. The molecule has 2 unspecified atom stereocenters. The predicted molar refractivity (Wildman–Crippen MR) is 102 cm³/mol. The van der Waals surface area contributed by atoms with Gasteiger partial charge < -0.3 is 14.9 Å². The lowest BCUT2D eigenvalue weighted by Crippen LogP contribution is -2.10. The molecule has 0 saturated carbocycles. The number of hydrogen-bond donors (Lipinski definition) is 2. The van der Waals surface area contributed by atoms with E-state index in [4.69, 9.17) is 4.74 Å². The molecule has 0 fully saturated rings. The Morgan fingerprint density at radius 3 is 1.92 bits per heavy atom. The van der Waals surface area contributed by atoms with Gasteiger partial charge in [0.2, 0.25) is 0 Å². The number of unbranched alkanes of at least 4 members (excludes halogenated alkanes) is 5. The fraction of sp³-hybridized carbons (Fsp3) is 0.455. The van der Waals surface area contributed by atoms with Gasteiger partial charge in [-0.1, -0.05) is 81.5 Å². The molecule has 0 saturated heterocycles. The Morgan fingerprint density at radius 1 is 0.720 bits per heavy atom. The van der Waals surface area contributed by atoms with E-state index in [1.807, 2.05) is 54.6 Å². The van der Waals surface area contributed by atoms with Crippen molar-refractivity contribution in [3.8, 4) is 5.75 Å². The molecule has 0 aliphatic heterocycles. The van der Waals surface area contributed by atoms with E-state index in [1.54, 1.807) is 0 Å². The lowest BCUT2D eigenvalue weighted by atomic mass is 9.98. The van der Waals surface area contributed by atoms with Crippen LogP contribution in [-0.4, -0.2) is 16.8 Å². The zero-order valence-corrected chi connectivity index (χ0v) is 15.1. The van der Waals surface area contributed by atoms with Crippen LogP contribution in [0.1, 0.15) is 68.8 Å². The van der Waals surface area contributed by atoms with Gasteiger partial charge in [-0.15, -0.1) is 0 Å². The summed E-state index contributed by atoms with van der Waals surface area (Å²) in [7, 11) is 0. The van der Waals surface area contributed by atoms with Crippen LogP contribution in [0.3, 0.4) is 0 Å². The molecular weight excluding hydrogens is 312 g/mol. The number of hydrogen-bond acceptors (Lipinski definition) is 3. The van der Waals surface area contributed by atoms with Crippen LogP contribution in [0.4, 0.5) is 0 Å². The Hall–Kier alpha value is -1.84. The standard InChI is InChI=1S/C22H30O3/c1-2-3-4-5-6-10-17-25-20-15-13-19(14-16-20)22(24)21(23)18-11-8-7-9-12-18/h7-9,11-16,21-24H,2-6,10,17H2,1H3. The Bertz CT molecular complexity index is 580. The van der Waals surface area contributed by atoms with Crippen molar-refractivity contribution in [3.63, 3.8) is 0 Å². The van der Waals surface area contributed by atoms with Crippen molar-refractivity contribution in [2.24, 2.45) is 0 Å². The third-order valence-corrected chi connectivity index (χ3v) is 4.43. The highest BCUT2D eigenvalue weighted by Crippen LogP contribution is 2.29. The van der Waals surface area contributed by atoms with E-state index in [0.717, 1.165) is 18.8 Å². The number of benzene rings is 2. The van der Waals surface area contributed by atoms with Gasteiger partial charge in [0.05, 0.1) is 6.61 Å². The molecule has 0 spiro atoms. The third kappa shape index (κ3) is 6.52. The summed E-state index contributed by atoms with van der Waals surface area (Å²) in [5, 5.41) is 20.7. The summed E-state index contributed by atoms with van der Waals surface area (Å²) in [5.41, 5.74) is 1.39. The monoisotopic (exact) mass is 342 g/mol. The number of ether oxygens (including phenoxy) is 1. The van der Waals surface area contributed by atoms with Crippen molar-refractivity contribution in [1.29, 1.82) is 0 Å². The predicted octanol–water partition coefficient (Wildman–Crippen LogP) is 5.19. The molecule has 136 valence electrons. The summed E-state index contributed by atoms with van der Waals surface area (Å²) in [6.07, 6.45) is 5.58. The molecule has 2 aromatic rings. The van der Waals surface area contributed by atoms with Crippen LogP contribution in [0.5, 0.6) is 5.75 Å². The highest BCUT2D eigenvalue weighted by Gasteiger charge is 2.19. The number of rotatable bonds is 11. The lowest BCUT2D eigenvalue weighted by Gasteiger charge is -2.19. The molecule has 25 heavy (non-hydrogen) atoms. The van der Waals surface area contributed by atoms with Crippen LogP contribution in [0.15, 0.2) is 54.6 Å². The molecule has 3 heteroatoms. The number of aliphatic hydroxyl groups excluding tert-OH is 2. The van der Waals surface area contributed by atoms with E-state index in [-0.39, 0.29) is 0 Å². The molecule has 0 heterocycles. The van der Waals surface area contributed by atoms with Gasteiger partial charge in [0.15, 0.2) is 0 Å². The first-order chi connectivity index (χ1) is 12.2. The van der Waals surface area contributed by atoms with Crippen LogP contribution >= 0.6 is 0 Å². The zero-order chi connectivity index (χ0) is 17.9. The van der Waals surface area contributed by atoms with Gasteiger partial charge in [-0.25, -0.2) is 0 Å². The molecule has 0 aliphatic rings. The van der Waals surface area contributed by atoms with Crippen molar-refractivity contribution < 1.29 is 14.9 Å². The Balaban J connectivity index is 1.77. The second-order valence-electron chi connectivity index (χ2n) is 6.49. The van der Waals surface area contributed by atoms with E-state index in [9.17, 15) is 10.2 Å². The quantitative estimate of drug-likeness (QED) is 0.552. The van der Waals surface area contributed by atoms with Gasteiger partial charge in [-0.05, 0) is 29.7 Å². The van der Waals surface area contributed by atoms with Gasteiger partial charge >= 0.3 is 0 Å². The molecule has 2 N–H and O–H groups in total. The largest absolute Gasteiger partial charge is 0.494 e. The molecular formula is C22H30O3. The summed E-state index contributed by atoms with van der Waals surface area (Å²) >= 11 is 0. The fourth-order valence-corrected chi connectivity index (χ4v) is 2.85. The lowest BCUT2D eigenvalue weighted by molar-refractivity contribution is 0.0172. The molecule has 2 atom stereocenters. The third-order valence-electron chi connectivity index (χ3n) is 4.43. The maximum absolute atomic E-state index is 10.4. The van der Waals surface area contributed by atoms with Crippen molar-refractivity contribution in [2.75, 3.05) is 6.61 Å². The SMILES string of the molecule is CCCCCCCCOc1ccc(C(O)C(O)c2ccccc2)cc1. The van der Waals surface area contributed by atoms with Crippen molar-refractivity contribution in [1.82, 2.24) is 0 Å². The Labute approximate surface area is 151 Å². The minimum atomic E-state index is -0.949. The van der Waals surface area contributed by atoms with Crippen LogP contribution in [0.2, 0.25) is 0 Å². The normalized spacial score (nSPS) is 13.4. The summed E-state index contributed by atoms with van der Waals surface area (Å²) in [6.45, 7) is 2.95. The first-order valence-corrected chi connectivity index (χ1v) is 9.36. The molecule has 2 aromatic carbocycles. The Morgan fingerprint density at radius 2 is 1.28 bits per heavy atom. The topological polar surface area (TPSA) is 49.7 Å². The zero-order valence-electron chi connectivity index (χ0n) is 15.1.